The van der Waals surface area contributed by atoms with E-state index in [-0.39, 0.29) is 5.38 Å². The molecule has 1 heterocycles. The molecule has 1 aromatic rings. The van der Waals surface area contributed by atoms with Crippen LogP contribution < -0.4 is 0 Å². The third-order valence-corrected chi connectivity index (χ3v) is 1.70. The molecule has 0 amide bonds. The molecule has 0 aliphatic rings. The highest BCUT2D eigenvalue weighted by Gasteiger charge is 2.08. The Morgan fingerprint density at radius 2 is 2.08 bits per heavy atom. The van der Waals surface area contributed by atoms with Crippen LogP contribution in [0.1, 0.15) is 37.8 Å². The van der Waals surface area contributed by atoms with Crippen molar-refractivity contribution in [2.24, 2.45) is 5.92 Å². The molecule has 0 saturated heterocycles. The zero-order valence-corrected chi connectivity index (χ0v) is 8.39. The van der Waals surface area contributed by atoms with E-state index in [2.05, 4.69) is 29.0 Å². The van der Waals surface area contributed by atoms with Crippen molar-refractivity contribution in [2.75, 3.05) is 0 Å². The standard InChI is InChI=1S/C8H14ClN3/c1-5(2)4-7-10-8(6(3)9)12-11-7/h5-6H,4H2,1-3H3,(H,10,11,12). The molecule has 0 aliphatic heterocycles. The summed E-state index contributed by atoms with van der Waals surface area (Å²) in [4.78, 5) is 4.25. The monoisotopic (exact) mass is 187 g/mol. The summed E-state index contributed by atoms with van der Waals surface area (Å²) >= 11 is 5.81. The maximum atomic E-state index is 5.81. The number of H-pyrrole nitrogens is 1. The second-order valence-electron chi connectivity index (χ2n) is 3.35. The Morgan fingerprint density at radius 3 is 2.50 bits per heavy atom. The molecule has 0 spiro atoms. The summed E-state index contributed by atoms with van der Waals surface area (Å²) in [6.45, 7) is 6.16. The molecule has 0 radical (unpaired) electrons. The zero-order valence-electron chi connectivity index (χ0n) is 7.63. The number of hydrogen-bond donors (Lipinski definition) is 1. The SMILES string of the molecule is CC(C)Cc1nc(C(C)Cl)n[nH]1. The van der Waals surface area contributed by atoms with Crippen molar-refractivity contribution >= 4 is 11.6 Å². The summed E-state index contributed by atoms with van der Waals surface area (Å²) in [7, 11) is 0. The normalized spacial score (nSPS) is 13.8. The first-order chi connectivity index (χ1) is 5.59. The van der Waals surface area contributed by atoms with Gasteiger partial charge in [0.25, 0.3) is 0 Å². The van der Waals surface area contributed by atoms with Crippen LogP contribution in [0.5, 0.6) is 0 Å². The molecule has 0 aromatic carbocycles. The predicted molar refractivity (Wildman–Crippen MR) is 49.2 cm³/mol. The Hall–Kier alpha value is -0.570. The molecule has 1 aromatic heterocycles. The van der Waals surface area contributed by atoms with Gasteiger partial charge in [0.1, 0.15) is 5.82 Å². The molecule has 1 rings (SSSR count). The summed E-state index contributed by atoms with van der Waals surface area (Å²) in [6.07, 6.45) is 0.927. The van der Waals surface area contributed by atoms with Gasteiger partial charge in [0.2, 0.25) is 0 Å². The van der Waals surface area contributed by atoms with Gasteiger partial charge in [0.05, 0.1) is 5.38 Å². The molecule has 4 heteroatoms. The maximum absolute atomic E-state index is 5.81. The average molecular weight is 188 g/mol. The van der Waals surface area contributed by atoms with E-state index >= 15 is 0 Å². The number of aromatic nitrogens is 3. The quantitative estimate of drug-likeness (QED) is 0.738. The van der Waals surface area contributed by atoms with Gasteiger partial charge in [0, 0.05) is 6.42 Å². The van der Waals surface area contributed by atoms with Crippen LogP contribution in [0.2, 0.25) is 0 Å². The maximum Gasteiger partial charge on any atom is 0.168 e. The van der Waals surface area contributed by atoms with E-state index in [1.807, 2.05) is 6.92 Å². The van der Waals surface area contributed by atoms with E-state index in [0.29, 0.717) is 11.7 Å². The molecular formula is C8H14ClN3. The van der Waals surface area contributed by atoms with Gasteiger partial charge < -0.3 is 0 Å². The largest absolute Gasteiger partial charge is 0.263 e. The Labute approximate surface area is 77.5 Å². The minimum atomic E-state index is -0.109. The van der Waals surface area contributed by atoms with Crippen molar-refractivity contribution < 1.29 is 0 Å². The van der Waals surface area contributed by atoms with Crippen molar-refractivity contribution in [1.29, 1.82) is 0 Å². The van der Waals surface area contributed by atoms with Crippen LogP contribution in [0.15, 0.2) is 0 Å². The Bertz CT molecular complexity index is 242. The summed E-state index contributed by atoms with van der Waals surface area (Å²) in [5, 5.41) is 6.76. The molecule has 0 aliphatic carbocycles. The van der Waals surface area contributed by atoms with Gasteiger partial charge in [-0.3, -0.25) is 5.10 Å². The van der Waals surface area contributed by atoms with Gasteiger partial charge in [-0.1, -0.05) is 13.8 Å². The Morgan fingerprint density at radius 1 is 1.42 bits per heavy atom. The number of hydrogen-bond acceptors (Lipinski definition) is 2. The fourth-order valence-corrected chi connectivity index (χ4v) is 1.06. The van der Waals surface area contributed by atoms with Crippen LogP contribution in [-0.4, -0.2) is 15.2 Å². The van der Waals surface area contributed by atoms with Crippen molar-refractivity contribution in [3.8, 4) is 0 Å². The third kappa shape index (κ3) is 2.48. The molecule has 1 N–H and O–H groups in total. The summed E-state index contributed by atoms with van der Waals surface area (Å²) < 4.78 is 0. The highest BCUT2D eigenvalue weighted by molar-refractivity contribution is 6.20. The molecule has 68 valence electrons. The van der Waals surface area contributed by atoms with E-state index < -0.39 is 0 Å². The van der Waals surface area contributed by atoms with Crippen LogP contribution in [0, 0.1) is 5.92 Å². The minimum Gasteiger partial charge on any atom is -0.263 e. The smallest absolute Gasteiger partial charge is 0.168 e. The molecule has 0 fully saturated rings. The van der Waals surface area contributed by atoms with Crippen molar-refractivity contribution in [3.63, 3.8) is 0 Å². The van der Waals surface area contributed by atoms with Crippen molar-refractivity contribution in [3.05, 3.63) is 11.6 Å². The van der Waals surface area contributed by atoms with Crippen LogP contribution in [-0.2, 0) is 6.42 Å². The lowest BCUT2D eigenvalue weighted by molar-refractivity contribution is 0.622. The molecule has 3 nitrogen and oxygen atoms in total. The zero-order chi connectivity index (χ0) is 9.14. The molecule has 1 unspecified atom stereocenters. The number of alkyl halides is 1. The Balaban J connectivity index is 2.64. The van der Waals surface area contributed by atoms with Gasteiger partial charge in [-0.05, 0) is 12.8 Å². The second kappa shape index (κ2) is 3.90. The van der Waals surface area contributed by atoms with E-state index in [0.717, 1.165) is 12.2 Å². The van der Waals surface area contributed by atoms with E-state index in [4.69, 9.17) is 11.6 Å². The van der Waals surface area contributed by atoms with E-state index in [1.165, 1.54) is 0 Å². The van der Waals surface area contributed by atoms with E-state index in [1.54, 1.807) is 0 Å². The van der Waals surface area contributed by atoms with Gasteiger partial charge >= 0.3 is 0 Å². The third-order valence-electron chi connectivity index (χ3n) is 1.51. The van der Waals surface area contributed by atoms with Gasteiger partial charge in [-0.25, -0.2) is 4.98 Å². The summed E-state index contributed by atoms with van der Waals surface area (Å²) in [6, 6.07) is 0. The first-order valence-corrected chi connectivity index (χ1v) is 4.58. The average Bonchev–Trinajstić information content (AvgIpc) is 2.34. The first kappa shape index (κ1) is 9.52. The molecule has 1 atom stereocenters. The second-order valence-corrected chi connectivity index (χ2v) is 4.01. The lowest BCUT2D eigenvalue weighted by Crippen LogP contribution is -1.96. The number of halogens is 1. The van der Waals surface area contributed by atoms with Crippen LogP contribution in [0.4, 0.5) is 0 Å². The first-order valence-electron chi connectivity index (χ1n) is 4.15. The van der Waals surface area contributed by atoms with Gasteiger partial charge in [0.15, 0.2) is 5.82 Å². The van der Waals surface area contributed by atoms with Crippen LogP contribution in [0.25, 0.3) is 0 Å². The van der Waals surface area contributed by atoms with Gasteiger partial charge in [-0.15, -0.1) is 11.6 Å². The van der Waals surface area contributed by atoms with Crippen molar-refractivity contribution in [2.45, 2.75) is 32.6 Å². The van der Waals surface area contributed by atoms with Crippen LogP contribution >= 0.6 is 11.6 Å². The van der Waals surface area contributed by atoms with Crippen molar-refractivity contribution in [1.82, 2.24) is 15.2 Å². The number of aromatic amines is 1. The highest BCUT2D eigenvalue weighted by Crippen LogP contribution is 2.14. The van der Waals surface area contributed by atoms with Crippen LogP contribution in [0.3, 0.4) is 0 Å². The lowest BCUT2D eigenvalue weighted by atomic mass is 10.1. The minimum absolute atomic E-state index is 0.109. The fourth-order valence-electron chi connectivity index (χ4n) is 0.966. The number of rotatable bonds is 3. The molecule has 0 bridgehead atoms. The predicted octanol–water partition coefficient (Wildman–Crippen LogP) is 2.30. The van der Waals surface area contributed by atoms with E-state index in [9.17, 15) is 0 Å². The molecule has 0 saturated carbocycles. The summed E-state index contributed by atoms with van der Waals surface area (Å²) in [5.41, 5.74) is 0. The highest BCUT2D eigenvalue weighted by atomic mass is 35.5. The number of nitrogens with one attached hydrogen (secondary N) is 1. The Kier molecular flexibility index (Phi) is 3.09. The topological polar surface area (TPSA) is 41.6 Å². The lowest BCUT2D eigenvalue weighted by Gasteiger charge is -1.98. The number of nitrogens with zero attached hydrogens (tertiary/aromatic N) is 2. The molecular weight excluding hydrogens is 174 g/mol. The van der Waals surface area contributed by atoms with Gasteiger partial charge in [-0.2, -0.15) is 5.10 Å². The fraction of sp³-hybridized carbons (Fsp3) is 0.750. The molecule has 12 heavy (non-hydrogen) atoms. The summed E-state index contributed by atoms with van der Waals surface area (Å²) in [5.74, 6) is 2.20.